The lowest BCUT2D eigenvalue weighted by Crippen LogP contribution is -2.15. The summed E-state index contributed by atoms with van der Waals surface area (Å²) in [7, 11) is 0. The predicted octanol–water partition coefficient (Wildman–Crippen LogP) is 3.58. The van der Waals surface area contributed by atoms with Crippen LogP contribution < -0.4 is 5.73 Å². The third kappa shape index (κ3) is 3.00. The molecule has 0 bridgehead atoms. The molecule has 2 aromatic rings. The van der Waals surface area contributed by atoms with Crippen molar-refractivity contribution in [2.75, 3.05) is 0 Å². The zero-order chi connectivity index (χ0) is 14.8. The monoisotopic (exact) mass is 285 g/mol. The van der Waals surface area contributed by atoms with Crippen LogP contribution in [0, 0.1) is 5.92 Å². The van der Waals surface area contributed by atoms with Gasteiger partial charge in [-0.15, -0.1) is 0 Å². The number of aryl methyl sites for hydroxylation is 1. The fourth-order valence-electron chi connectivity index (χ4n) is 3.17. The van der Waals surface area contributed by atoms with E-state index < -0.39 is 0 Å². The summed E-state index contributed by atoms with van der Waals surface area (Å²) in [6.07, 6.45) is 4.26. The molecule has 0 amide bonds. The van der Waals surface area contributed by atoms with Crippen molar-refractivity contribution in [2.45, 2.75) is 51.5 Å². The van der Waals surface area contributed by atoms with Crippen molar-refractivity contribution in [1.29, 1.82) is 0 Å². The summed E-state index contributed by atoms with van der Waals surface area (Å²) in [5, 5.41) is 4.20. The minimum atomic E-state index is -0.162. The fourth-order valence-corrected chi connectivity index (χ4v) is 3.17. The highest BCUT2D eigenvalue weighted by atomic mass is 16.5. The fraction of sp³-hybridized carbons (Fsp3) is 0.529. The van der Waals surface area contributed by atoms with Gasteiger partial charge in [-0.05, 0) is 42.7 Å². The molecule has 1 heterocycles. The maximum atomic E-state index is 6.14. The molecule has 0 fully saturated rings. The van der Waals surface area contributed by atoms with Crippen molar-refractivity contribution in [3.05, 3.63) is 47.1 Å². The van der Waals surface area contributed by atoms with E-state index in [1.54, 1.807) is 0 Å². The van der Waals surface area contributed by atoms with Crippen LogP contribution in [0.2, 0.25) is 0 Å². The first-order valence-electron chi connectivity index (χ1n) is 7.82. The van der Waals surface area contributed by atoms with Crippen LogP contribution >= 0.6 is 0 Å². The highest BCUT2D eigenvalue weighted by Gasteiger charge is 2.26. The third-order valence-corrected chi connectivity index (χ3v) is 4.18. The zero-order valence-corrected chi connectivity index (χ0v) is 12.7. The molecule has 1 aromatic carbocycles. The average Bonchev–Trinajstić information content (AvgIpc) is 2.95. The molecule has 1 unspecified atom stereocenters. The molecule has 3 rings (SSSR count). The standard InChI is InChI=1S/C17H23N3O/c1-11(2)10-15(18)17-19-16(20-21-17)14-9-5-7-12-6-3-4-8-13(12)14/h3-4,6,8,11,14-15H,5,7,9-10,18H2,1-2H3/t14?,15-/m1/s1. The molecule has 21 heavy (non-hydrogen) atoms. The van der Waals surface area contributed by atoms with Crippen molar-refractivity contribution in [3.63, 3.8) is 0 Å². The van der Waals surface area contributed by atoms with Crippen molar-refractivity contribution in [2.24, 2.45) is 11.7 Å². The first-order valence-corrected chi connectivity index (χ1v) is 7.82. The molecule has 0 spiro atoms. The topological polar surface area (TPSA) is 64.9 Å². The van der Waals surface area contributed by atoms with E-state index in [0.717, 1.165) is 25.1 Å². The Hall–Kier alpha value is -1.68. The Morgan fingerprint density at radius 1 is 1.33 bits per heavy atom. The molecule has 2 atom stereocenters. The Morgan fingerprint density at radius 3 is 2.95 bits per heavy atom. The largest absolute Gasteiger partial charge is 0.338 e. The quantitative estimate of drug-likeness (QED) is 0.932. The van der Waals surface area contributed by atoms with E-state index in [9.17, 15) is 0 Å². The van der Waals surface area contributed by atoms with Crippen LogP contribution in [0.15, 0.2) is 28.8 Å². The summed E-state index contributed by atoms with van der Waals surface area (Å²) in [5.74, 6) is 2.13. The van der Waals surface area contributed by atoms with Gasteiger partial charge in [-0.25, -0.2) is 0 Å². The Kier molecular flexibility index (Phi) is 4.06. The van der Waals surface area contributed by atoms with Crippen LogP contribution in [0.3, 0.4) is 0 Å². The third-order valence-electron chi connectivity index (χ3n) is 4.18. The van der Waals surface area contributed by atoms with Gasteiger partial charge in [0, 0.05) is 5.92 Å². The first-order chi connectivity index (χ1) is 10.1. The van der Waals surface area contributed by atoms with Crippen LogP contribution in [0.1, 0.15) is 67.9 Å². The average molecular weight is 285 g/mol. The van der Waals surface area contributed by atoms with Gasteiger partial charge in [0.15, 0.2) is 5.82 Å². The van der Waals surface area contributed by atoms with Crippen LogP contribution in [0.5, 0.6) is 0 Å². The highest BCUT2D eigenvalue weighted by molar-refractivity contribution is 5.36. The van der Waals surface area contributed by atoms with Gasteiger partial charge >= 0.3 is 0 Å². The number of rotatable bonds is 4. The van der Waals surface area contributed by atoms with E-state index >= 15 is 0 Å². The number of benzene rings is 1. The Morgan fingerprint density at radius 2 is 2.14 bits per heavy atom. The maximum absolute atomic E-state index is 6.14. The summed E-state index contributed by atoms with van der Waals surface area (Å²) >= 11 is 0. The van der Waals surface area contributed by atoms with Crippen molar-refractivity contribution < 1.29 is 4.52 Å². The van der Waals surface area contributed by atoms with Gasteiger partial charge < -0.3 is 10.3 Å². The molecule has 4 heteroatoms. The van der Waals surface area contributed by atoms with E-state index in [-0.39, 0.29) is 12.0 Å². The number of hydrogen-bond donors (Lipinski definition) is 1. The predicted molar refractivity (Wildman–Crippen MR) is 81.9 cm³/mol. The molecule has 2 N–H and O–H groups in total. The lowest BCUT2D eigenvalue weighted by Gasteiger charge is -2.22. The summed E-state index contributed by atoms with van der Waals surface area (Å²) in [4.78, 5) is 4.58. The first kappa shape index (κ1) is 14.3. The molecule has 0 radical (unpaired) electrons. The van der Waals surface area contributed by atoms with Crippen LogP contribution in [0.25, 0.3) is 0 Å². The Labute approximate surface area is 125 Å². The van der Waals surface area contributed by atoms with Crippen LogP contribution in [-0.2, 0) is 6.42 Å². The normalized spacial score (nSPS) is 19.5. The molecular weight excluding hydrogens is 262 g/mol. The molecule has 0 saturated carbocycles. The second kappa shape index (κ2) is 5.98. The lowest BCUT2D eigenvalue weighted by atomic mass is 9.82. The minimum absolute atomic E-state index is 0.162. The van der Waals surface area contributed by atoms with E-state index in [2.05, 4.69) is 48.3 Å². The van der Waals surface area contributed by atoms with E-state index in [4.69, 9.17) is 10.3 Å². The van der Waals surface area contributed by atoms with Crippen molar-refractivity contribution in [1.82, 2.24) is 10.1 Å². The van der Waals surface area contributed by atoms with Gasteiger partial charge in [-0.3, -0.25) is 0 Å². The molecule has 0 aliphatic heterocycles. The number of nitrogens with two attached hydrogens (primary N) is 1. The molecule has 1 aliphatic carbocycles. The van der Waals surface area contributed by atoms with Gasteiger partial charge in [0.1, 0.15) is 0 Å². The minimum Gasteiger partial charge on any atom is -0.338 e. The van der Waals surface area contributed by atoms with E-state index in [1.807, 2.05) is 0 Å². The second-order valence-corrected chi connectivity index (χ2v) is 6.37. The second-order valence-electron chi connectivity index (χ2n) is 6.37. The Balaban J connectivity index is 1.84. The lowest BCUT2D eigenvalue weighted by molar-refractivity contribution is 0.331. The van der Waals surface area contributed by atoms with Gasteiger partial charge in [-0.2, -0.15) is 4.98 Å². The van der Waals surface area contributed by atoms with Gasteiger partial charge in [0.2, 0.25) is 5.89 Å². The number of hydrogen-bond acceptors (Lipinski definition) is 4. The zero-order valence-electron chi connectivity index (χ0n) is 12.7. The molecule has 1 aromatic heterocycles. The summed E-state index contributed by atoms with van der Waals surface area (Å²) in [6, 6.07) is 8.41. The Bertz CT molecular complexity index is 606. The summed E-state index contributed by atoms with van der Waals surface area (Å²) in [6.45, 7) is 4.29. The SMILES string of the molecule is CC(C)C[C@@H](N)c1nc(C2CCCc3ccccc32)no1. The molecule has 0 saturated heterocycles. The molecule has 112 valence electrons. The number of nitrogens with zero attached hydrogens (tertiary/aromatic N) is 2. The number of aromatic nitrogens is 2. The number of fused-ring (bicyclic) bond motifs is 1. The van der Waals surface area contributed by atoms with Crippen molar-refractivity contribution >= 4 is 0 Å². The van der Waals surface area contributed by atoms with Gasteiger partial charge in [0.25, 0.3) is 0 Å². The highest BCUT2D eigenvalue weighted by Crippen LogP contribution is 2.35. The maximum Gasteiger partial charge on any atom is 0.243 e. The van der Waals surface area contributed by atoms with Crippen LogP contribution in [0.4, 0.5) is 0 Å². The molecular formula is C17H23N3O. The van der Waals surface area contributed by atoms with E-state index in [0.29, 0.717) is 11.8 Å². The smallest absolute Gasteiger partial charge is 0.243 e. The van der Waals surface area contributed by atoms with Gasteiger partial charge in [0.05, 0.1) is 6.04 Å². The molecule has 1 aliphatic rings. The van der Waals surface area contributed by atoms with Crippen molar-refractivity contribution in [3.8, 4) is 0 Å². The summed E-state index contributed by atoms with van der Waals surface area (Å²) in [5.41, 5.74) is 8.89. The molecule has 4 nitrogen and oxygen atoms in total. The van der Waals surface area contributed by atoms with Crippen LogP contribution in [-0.4, -0.2) is 10.1 Å². The summed E-state index contributed by atoms with van der Waals surface area (Å²) < 4.78 is 5.41. The van der Waals surface area contributed by atoms with E-state index in [1.165, 1.54) is 17.5 Å². The van der Waals surface area contributed by atoms with Gasteiger partial charge in [-0.1, -0.05) is 43.3 Å².